The summed E-state index contributed by atoms with van der Waals surface area (Å²) in [6, 6.07) is 11.2. The fraction of sp³-hybridized carbons (Fsp3) is 0.652. The van der Waals surface area contributed by atoms with Gasteiger partial charge in [0.15, 0.2) is 0 Å². The van der Waals surface area contributed by atoms with E-state index in [4.69, 9.17) is 5.73 Å². The van der Waals surface area contributed by atoms with Gasteiger partial charge in [-0.05, 0) is 71.1 Å². The quantitative estimate of drug-likeness (QED) is 0.731. The molecule has 0 aliphatic carbocycles. The number of piperidine rings is 2. The monoisotopic (exact) mass is 400 g/mol. The molecule has 2 fully saturated rings. The molecule has 1 aromatic carbocycles. The maximum absolute atomic E-state index is 12.7. The van der Waals surface area contributed by atoms with Gasteiger partial charge in [0.05, 0.1) is 5.92 Å². The molecule has 3 rings (SSSR count). The third kappa shape index (κ3) is 6.03. The molecule has 2 aliphatic heterocycles. The van der Waals surface area contributed by atoms with Crippen molar-refractivity contribution in [3.05, 3.63) is 35.9 Å². The molecular weight excluding hydrogens is 364 g/mol. The second-order valence-electron chi connectivity index (χ2n) is 9.12. The van der Waals surface area contributed by atoms with Gasteiger partial charge in [-0.1, -0.05) is 30.3 Å². The Hall–Kier alpha value is -1.92. The van der Waals surface area contributed by atoms with E-state index in [1.807, 2.05) is 0 Å². The summed E-state index contributed by atoms with van der Waals surface area (Å²) in [6.07, 6.45) is 5.34. The van der Waals surface area contributed by atoms with Crippen LogP contribution in [0.3, 0.4) is 0 Å². The van der Waals surface area contributed by atoms with Gasteiger partial charge in [0, 0.05) is 19.1 Å². The number of primary amides is 1. The zero-order valence-electron chi connectivity index (χ0n) is 17.9. The van der Waals surface area contributed by atoms with Gasteiger partial charge in [-0.2, -0.15) is 0 Å². The number of rotatable bonds is 7. The van der Waals surface area contributed by atoms with Crippen LogP contribution in [0.25, 0.3) is 0 Å². The van der Waals surface area contributed by atoms with E-state index in [2.05, 4.69) is 45.4 Å². The van der Waals surface area contributed by atoms with E-state index in [0.29, 0.717) is 6.04 Å². The van der Waals surface area contributed by atoms with Gasteiger partial charge in [-0.25, -0.2) is 0 Å². The number of amides is 2. The molecule has 1 aromatic rings. The first-order chi connectivity index (χ1) is 13.8. The SMILES string of the molecule is CC(C)(NC(=O)C1CCCN(C2CCN(CCc3ccccc3)CC2)C1)C(N)=O. The minimum absolute atomic E-state index is 0.0428. The Morgan fingerprint density at radius 3 is 2.45 bits per heavy atom. The lowest BCUT2D eigenvalue weighted by molar-refractivity contribution is -0.134. The highest BCUT2D eigenvalue weighted by molar-refractivity contribution is 5.90. The van der Waals surface area contributed by atoms with Crippen molar-refractivity contribution in [3.63, 3.8) is 0 Å². The minimum Gasteiger partial charge on any atom is -0.368 e. The summed E-state index contributed by atoms with van der Waals surface area (Å²) in [4.78, 5) is 29.2. The van der Waals surface area contributed by atoms with E-state index in [9.17, 15) is 9.59 Å². The molecular formula is C23H36N4O2. The largest absolute Gasteiger partial charge is 0.368 e. The first kappa shape index (κ1) is 21.8. The van der Waals surface area contributed by atoms with Crippen LogP contribution in [0.2, 0.25) is 0 Å². The molecule has 3 N–H and O–H groups in total. The average Bonchev–Trinajstić information content (AvgIpc) is 2.73. The molecule has 29 heavy (non-hydrogen) atoms. The Labute approximate surface area is 174 Å². The Morgan fingerprint density at radius 1 is 1.10 bits per heavy atom. The fourth-order valence-electron chi connectivity index (χ4n) is 4.46. The van der Waals surface area contributed by atoms with Crippen LogP contribution in [-0.2, 0) is 16.0 Å². The summed E-state index contributed by atoms with van der Waals surface area (Å²) in [6.45, 7) is 8.55. The van der Waals surface area contributed by atoms with Crippen LogP contribution in [0.4, 0.5) is 0 Å². The molecule has 2 amide bonds. The van der Waals surface area contributed by atoms with Crippen molar-refractivity contribution in [1.82, 2.24) is 15.1 Å². The maximum atomic E-state index is 12.7. The lowest BCUT2D eigenvalue weighted by Crippen LogP contribution is -2.57. The van der Waals surface area contributed by atoms with E-state index >= 15 is 0 Å². The van der Waals surface area contributed by atoms with E-state index in [0.717, 1.165) is 64.8 Å². The Kier molecular flexibility index (Phi) is 7.30. The fourth-order valence-corrected chi connectivity index (χ4v) is 4.46. The van der Waals surface area contributed by atoms with Crippen molar-refractivity contribution in [1.29, 1.82) is 0 Å². The molecule has 0 saturated carbocycles. The maximum Gasteiger partial charge on any atom is 0.242 e. The molecule has 6 heteroatoms. The molecule has 0 bridgehead atoms. The molecule has 1 unspecified atom stereocenters. The second kappa shape index (κ2) is 9.72. The van der Waals surface area contributed by atoms with Crippen LogP contribution >= 0.6 is 0 Å². The molecule has 0 spiro atoms. The van der Waals surface area contributed by atoms with E-state index in [1.165, 1.54) is 5.56 Å². The van der Waals surface area contributed by atoms with Gasteiger partial charge in [0.25, 0.3) is 0 Å². The van der Waals surface area contributed by atoms with Crippen molar-refractivity contribution in [3.8, 4) is 0 Å². The summed E-state index contributed by atoms with van der Waals surface area (Å²) >= 11 is 0. The Bertz CT molecular complexity index is 683. The highest BCUT2D eigenvalue weighted by Gasteiger charge is 2.35. The standard InChI is InChI=1S/C23H36N4O2/c1-23(2,22(24)29)25-21(28)19-9-6-13-27(17-19)20-11-15-26(16-12-20)14-10-18-7-4-3-5-8-18/h3-5,7-8,19-20H,6,9-17H2,1-2H3,(H2,24,29)(H,25,28). The molecule has 6 nitrogen and oxygen atoms in total. The first-order valence-electron chi connectivity index (χ1n) is 11.0. The second-order valence-corrected chi connectivity index (χ2v) is 9.12. The Morgan fingerprint density at radius 2 is 1.79 bits per heavy atom. The topological polar surface area (TPSA) is 78.7 Å². The lowest BCUT2D eigenvalue weighted by Gasteiger charge is -2.42. The van der Waals surface area contributed by atoms with Crippen molar-refractivity contribution in [2.24, 2.45) is 11.7 Å². The number of nitrogens with one attached hydrogen (secondary N) is 1. The number of carbonyl (C=O) groups excluding carboxylic acids is 2. The molecule has 1 atom stereocenters. The number of carbonyl (C=O) groups is 2. The number of benzene rings is 1. The highest BCUT2D eigenvalue weighted by Crippen LogP contribution is 2.24. The zero-order chi connectivity index (χ0) is 20.9. The van der Waals surface area contributed by atoms with Crippen LogP contribution < -0.4 is 11.1 Å². The Balaban J connectivity index is 1.44. The summed E-state index contributed by atoms with van der Waals surface area (Å²) in [5, 5.41) is 2.84. The highest BCUT2D eigenvalue weighted by atomic mass is 16.2. The first-order valence-corrected chi connectivity index (χ1v) is 11.0. The summed E-state index contributed by atoms with van der Waals surface area (Å²) in [5.74, 6) is -0.598. The summed E-state index contributed by atoms with van der Waals surface area (Å²) in [7, 11) is 0. The van der Waals surface area contributed by atoms with Gasteiger partial charge in [0.1, 0.15) is 5.54 Å². The number of nitrogens with two attached hydrogens (primary N) is 1. The normalized spacial score (nSPS) is 22.3. The van der Waals surface area contributed by atoms with Crippen molar-refractivity contribution < 1.29 is 9.59 Å². The lowest BCUT2D eigenvalue weighted by atomic mass is 9.92. The van der Waals surface area contributed by atoms with Crippen molar-refractivity contribution in [2.75, 3.05) is 32.7 Å². The van der Waals surface area contributed by atoms with Gasteiger partial charge < -0.3 is 16.0 Å². The number of nitrogens with zero attached hydrogens (tertiary/aromatic N) is 2. The third-order valence-corrected chi connectivity index (χ3v) is 6.51. The molecule has 0 aromatic heterocycles. The van der Waals surface area contributed by atoms with Crippen LogP contribution in [0.5, 0.6) is 0 Å². The zero-order valence-corrected chi connectivity index (χ0v) is 17.9. The molecule has 2 aliphatic rings. The van der Waals surface area contributed by atoms with Crippen molar-refractivity contribution in [2.45, 2.75) is 57.5 Å². The number of hydrogen-bond acceptors (Lipinski definition) is 4. The van der Waals surface area contributed by atoms with E-state index in [1.54, 1.807) is 13.8 Å². The van der Waals surface area contributed by atoms with Crippen molar-refractivity contribution >= 4 is 11.8 Å². The molecule has 2 saturated heterocycles. The van der Waals surface area contributed by atoms with E-state index in [-0.39, 0.29) is 11.8 Å². The minimum atomic E-state index is -0.997. The van der Waals surface area contributed by atoms with E-state index < -0.39 is 11.4 Å². The summed E-state index contributed by atoms with van der Waals surface area (Å²) < 4.78 is 0. The average molecular weight is 401 g/mol. The van der Waals surface area contributed by atoms with Gasteiger partial charge in [-0.3, -0.25) is 14.5 Å². The van der Waals surface area contributed by atoms with Crippen LogP contribution in [0, 0.1) is 5.92 Å². The smallest absolute Gasteiger partial charge is 0.242 e. The van der Waals surface area contributed by atoms with Gasteiger partial charge in [-0.15, -0.1) is 0 Å². The third-order valence-electron chi connectivity index (χ3n) is 6.51. The van der Waals surface area contributed by atoms with Gasteiger partial charge >= 0.3 is 0 Å². The van der Waals surface area contributed by atoms with Gasteiger partial charge in [0.2, 0.25) is 11.8 Å². The summed E-state index contributed by atoms with van der Waals surface area (Å²) in [5.41, 5.74) is 5.80. The number of hydrogen-bond donors (Lipinski definition) is 2. The van der Waals surface area contributed by atoms with Crippen LogP contribution in [0.15, 0.2) is 30.3 Å². The van der Waals surface area contributed by atoms with Crippen LogP contribution in [-0.4, -0.2) is 65.9 Å². The molecule has 2 heterocycles. The molecule has 160 valence electrons. The predicted molar refractivity (Wildman–Crippen MR) is 115 cm³/mol. The van der Waals surface area contributed by atoms with Crippen LogP contribution in [0.1, 0.15) is 45.1 Å². The molecule has 0 radical (unpaired) electrons. The number of likely N-dealkylation sites (tertiary alicyclic amines) is 2. The predicted octanol–water partition coefficient (Wildman–Crippen LogP) is 1.79.